The van der Waals surface area contributed by atoms with Gasteiger partial charge in [-0.2, -0.15) is 0 Å². The minimum Gasteiger partial charge on any atom is -0.350 e. The average molecular weight is 169 g/mol. The van der Waals surface area contributed by atoms with Gasteiger partial charge in [-0.3, -0.25) is 5.73 Å². The van der Waals surface area contributed by atoms with Crippen LogP contribution >= 0.6 is 12.6 Å². The maximum absolute atomic E-state index is 5.28. The summed E-state index contributed by atoms with van der Waals surface area (Å²) in [6.07, 6.45) is 0. The quantitative estimate of drug-likeness (QED) is 0.529. The Morgan fingerprint density at radius 3 is 2.55 bits per heavy atom. The van der Waals surface area contributed by atoms with E-state index in [-0.39, 0.29) is 0 Å². The molecule has 0 aliphatic rings. The Kier molecular flexibility index (Phi) is 3.42. The van der Waals surface area contributed by atoms with E-state index in [0.717, 1.165) is 5.56 Å². The number of nitrogens with two attached hydrogens (primary N) is 1. The first-order chi connectivity index (χ1) is 5.29. The molecule has 0 saturated carbocycles. The third-order valence-corrected chi connectivity index (χ3v) is 1.41. The summed E-state index contributed by atoms with van der Waals surface area (Å²) in [5.41, 5.74) is 5.90. The second kappa shape index (κ2) is 4.38. The first-order valence-electron chi connectivity index (χ1n) is 3.38. The lowest BCUT2D eigenvalue weighted by Crippen LogP contribution is -2.15. The largest absolute Gasteiger partial charge is 0.350 e. The third kappa shape index (κ3) is 3.41. The minimum absolute atomic E-state index is 0.491. The van der Waals surface area contributed by atoms with Crippen LogP contribution in [0.15, 0.2) is 30.3 Å². The summed E-state index contributed by atoms with van der Waals surface area (Å²) in [6, 6.07) is 9.85. The molecule has 0 bridgehead atoms. The van der Waals surface area contributed by atoms with Crippen molar-refractivity contribution in [1.82, 2.24) is 0 Å². The van der Waals surface area contributed by atoms with E-state index < -0.39 is 5.56 Å². The Morgan fingerprint density at radius 2 is 2.00 bits per heavy atom. The lowest BCUT2D eigenvalue weighted by atomic mass is 10.2. The highest BCUT2D eigenvalue weighted by molar-refractivity contribution is 7.80. The zero-order chi connectivity index (χ0) is 8.10. The molecule has 60 valence electrons. The van der Waals surface area contributed by atoms with Gasteiger partial charge in [0.25, 0.3) is 0 Å². The van der Waals surface area contributed by atoms with Gasteiger partial charge in [0.2, 0.25) is 0 Å². The van der Waals surface area contributed by atoms with Crippen LogP contribution in [0, 0.1) is 0 Å². The lowest BCUT2D eigenvalue weighted by molar-refractivity contribution is 0.104. The van der Waals surface area contributed by atoms with Gasteiger partial charge in [-0.1, -0.05) is 30.3 Å². The first-order valence-corrected chi connectivity index (χ1v) is 3.90. The summed E-state index contributed by atoms with van der Waals surface area (Å²) in [6.45, 7) is 0.519. The Labute approximate surface area is 71.8 Å². The number of ether oxygens (including phenoxy) is 1. The van der Waals surface area contributed by atoms with Crippen molar-refractivity contribution < 1.29 is 4.74 Å². The minimum atomic E-state index is -0.491. The van der Waals surface area contributed by atoms with Gasteiger partial charge >= 0.3 is 0 Å². The van der Waals surface area contributed by atoms with Crippen LogP contribution in [-0.4, -0.2) is 5.56 Å². The summed E-state index contributed by atoms with van der Waals surface area (Å²) in [5.74, 6) is 0. The second-order valence-corrected chi connectivity index (χ2v) is 2.70. The van der Waals surface area contributed by atoms with Crippen molar-refractivity contribution >= 4 is 12.6 Å². The van der Waals surface area contributed by atoms with Crippen LogP contribution in [0.1, 0.15) is 5.56 Å². The van der Waals surface area contributed by atoms with Gasteiger partial charge in [0, 0.05) is 0 Å². The van der Waals surface area contributed by atoms with Crippen molar-refractivity contribution in [3.8, 4) is 0 Å². The van der Waals surface area contributed by atoms with E-state index in [9.17, 15) is 0 Å². The summed E-state index contributed by atoms with van der Waals surface area (Å²) >= 11 is 3.88. The number of hydrogen-bond acceptors (Lipinski definition) is 3. The highest BCUT2D eigenvalue weighted by atomic mass is 32.1. The van der Waals surface area contributed by atoms with Gasteiger partial charge in [-0.25, -0.2) is 0 Å². The number of benzene rings is 1. The Bertz CT molecular complexity index is 201. The molecular weight excluding hydrogens is 158 g/mol. The van der Waals surface area contributed by atoms with E-state index in [1.807, 2.05) is 30.3 Å². The standard InChI is InChI=1S/C8H11NOS/c9-8(11)10-6-7-4-2-1-3-5-7/h1-5,8,11H,6,9H2/t8-/m1/s1. The van der Waals surface area contributed by atoms with Crippen molar-refractivity contribution in [3.05, 3.63) is 35.9 Å². The van der Waals surface area contributed by atoms with Crippen molar-refractivity contribution in [2.75, 3.05) is 0 Å². The SMILES string of the molecule is N[C@@H](S)OCc1ccccc1. The molecule has 1 rings (SSSR count). The molecule has 0 amide bonds. The maximum Gasteiger partial charge on any atom is 0.151 e. The molecule has 1 atom stereocenters. The van der Waals surface area contributed by atoms with Gasteiger partial charge in [-0.05, 0) is 5.56 Å². The van der Waals surface area contributed by atoms with E-state index in [1.54, 1.807) is 0 Å². The fourth-order valence-corrected chi connectivity index (χ4v) is 0.830. The lowest BCUT2D eigenvalue weighted by Gasteiger charge is -2.05. The molecule has 0 aromatic heterocycles. The molecule has 0 saturated heterocycles. The van der Waals surface area contributed by atoms with Gasteiger partial charge in [0.05, 0.1) is 6.61 Å². The molecular formula is C8H11NOS. The zero-order valence-corrected chi connectivity index (χ0v) is 7.00. The summed E-state index contributed by atoms with van der Waals surface area (Å²) in [5, 5.41) is 0. The first kappa shape index (κ1) is 8.59. The monoisotopic (exact) mass is 169 g/mol. The fraction of sp³-hybridized carbons (Fsp3) is 0.250. The molecule has 0 spiro atoms. The number of hydrogen-bond donors (Lipinski definition) is 2. The third-order valence-electron chi connectivity index (χ3n) is 1.26. The maximum atomic E-state index is 5.28. The summed E-state index contributed by atoms with van der Waals surface area (Å²) in [4.78, 5) is 0. The van der Waals surface area contributed by atoms with E-state index in [1.165, 1.54) is 0 Å². The van der Waals surface area contributed by atoms with Crippen LogP contribution < -0.4 is 5.73 Å². The topological polar surface area (TPSA) is 35.2 Å². The highest BCUT2D eigenvalue weighted by Gasteiger charge is 1.94. The van der Waals surface area contributed by atoms with E-state index in [0.29, 0.717) is 6.61 Å². The molecule has 1 aromatic rings. The van der Waals surface area contributed by atoms with E-state index in [4.69, 9.17) is 10.5 Å². The normalized spacial score (nSPS) is 12.9. The Hall–Kier alpha value is -0.510. The molecule has 0 aliphatic carbocycles. The average Bonchev–Trinajstić information content (AvgIpc) is 2.03. The van der Waals surface area contributed by atoms with E-state index in [2.05, 4.69) is 12.6 Å². The molecule has 11 heavy (non-hydrogen) atoms. The molecule has 0 fully saturated rings. The van der Waals surface area contributed by atoms with Gasteiger partial charge < -0.3 is 4.74 Å². The predicted octanol–water partition coefficient (Wildman–Crippen LogP) is 1.38. The highest BCUT2D eigenvalue weighted by Crippen LogP contribution is 2.01. The van der Waals surface area contributed by atoms with Crippen molar-refractivity contribution in [1.29, 1.82) is 0 Å². The van der Waals surface area contributed by atoms with Crippen molar-refractivity contribution in [2.45, 2.75) is 12.2 Å². The smallest absolute Gasteiger partial charge is 0.151 e. The van der Waals surface area contributed by atoms with Gasteiger partial charge in [0.15, 0.2) is 5.56 Å². The summed E-state index contributed by atoms with van der Waals surface area (Å²) in [7, 11) is 0. The van der Waals surface area contributed by atoms with Crippen LogP contribution in [-0.2, 0) is 11.3 Å². The molecule has 0 unspecified atom stereocenters. The van der Waals surface area contributed by atoms with Crippen LogP contribution in [0.4, 0.5) is 0 Å². The van der Waals surface area contributed by atoms with E-state index >= 15 is 0 Å². The predicted molar refractivity (Wildman–Crippen MR) is 48.2 cm³/mol. The number of thiol groups is 1. The summed E-state index contributed by atoms with van der Waals surface area (Å²) < 4.78 is 5.07. The van der Waals surface area contributed by atoms with Crippen molar-refractivity contribution in [3.63, 3.8) is 0 Å². The Balaban J connectivity index is 2.39. The fourth-order valence-electron chi connectivity index (χ4n) is 0.756. The van der Waals surface area contributed by atoms with Crippen molar-refractivity contribution in [2.24, 2.45) is 5.73 Å². The number of rotatable bonds is 3. The molecule has 0 aliphatic heterocycles. The molecule has 0 heterocycles. The van der Waals surface area contributed by atoms with Crippen LogP contribution in [0.5, 0.6) is 0 Å². The molecule has 1 aromatic carbocycles. The van der Waals surface area contributed by atoms with Crippen LogP contribution in [0.2, 0.25) is 0 Å². The molecule has 0 radical (unpaired) electrons. The molecule has 3 heteroatoms. The zero-order valence-electron chi connectivity index (χ0n) is 6.10. The van der Waals surface area contributed by atoms with Crippen LogP contribution in [0.3, 0.4) is 0 Å². The Morgan fingerprint density at radius 1 is 1.36 bits per heavy atom. The molecule has 2 nitrogen and oxygen atoms in total. The molecule has 2 N–H and O–H groups in total. The van der Waals surface area contributed by atoms with Gasteiger partial charge in [-0.15, -0.1) is 12.6 Å². The van der Waals surface area contributed by atoms with Crippen LogP contribution in [0.25, 0.3) is 0 Å². The van der Waals surface area contributed by atoms with Gasteiger partial charge in [0.1, 0.15) is 0 Å². The second-order valence-electron chi connectivity index (χ2n) is 2.19.